The number of alkyl halides is 4. The lowest BCUT2D eigenvalue weighted by Crippen LogP contribution is -2.09. The van der Waals surface area contributed by atoms with Gasteiger partial charge >= 0.3 is 12.3 Å². The van der Waals surface area contributed by atoms with E-state index in [1.165, 1.54) is 19.2 Å². The molecule has 0 aliphatic rings. The van der Waals surface area contributed by atoms with E-state index in [0.717, 1.165) is 12.1 Å². The third kappa shape index (κ3) is 4.04. The van der Waals surface area contributed by atoms with Gasteiger partial charge in [0.2, 0.25) is 0 Å². The van der Waals surface area contributed by atoms with Gasteiger partial charge in [0.05, 0.1) is 12.7 Å². The zero-order valence-corrected chi connectivity index (χ0v) is 13.6. The van der Waals surface area contributed by atoms with Crippen molar-refractivity contribution in [3.63, 3.8) is 0 Å². The van der Waals surface area contributed by atoms with Gasteiger partial charge in [-0.15, -0.1) is 0 Å². The SMILES string of the molecule is COC(=O)Oc1c(CBr)cccc1-c1ccc(C(F)(F)F)cc1. The van der Waals surface area contributed by atoms with E-state index in [2.05, 4.69) is 20.7 Å². The first-order valence-electron chi connectivity index (χ1n) is 6.48. The zero-order valence-electron chi connectivity index (χ0n) is 12.0. The molecule has 0 saturated heterocycles. The predicted molar refractivity (Wildman–Crippen MR) is 82.5 cm³/mol. The number of carbonyl (C=O) groups excluding carboxylic acids is 1. The molecule has 0 aliphatic heterocycles. The van der Waals surface area contributed by atoms with Gasteiger partial charge in [-0.3, -0.25) is 0 Å². The largest absolute Gasteiger partial charge is 0.513 e. The standard InChI is InChI=1S/C16H12BrF3O3/c1-22-15(21)23-14-11(9-17)3-2-4-13(14)10-5-7-12(8-6-10)16(18,19)20/h2-8H,9H2,1H3. The van der Waals surface area contributed by atoms with Crippen LogP contribution in [0.1, 0.15) is 11.1 Å². The lowest BCUT2D eigenvalue weighted by atomic mass is 10.0. The Labute approximate surface area is 139 Å². The third-order valence-corrected chi connectivity index (χ3v) is 3.72. The van der Waals surface area contributed by atoms with Gasteiger partial charge in [0.15, 0.2) is 0 Å². The van der Waals surface area contributed by atoms with Gasteiger partial charge in [0, 0.05) is 16.5 Å². The topological polar surface area (TPSA) is 35.5 Å². The molecule has 0 radical (unpaired) electrons. The Hall–Kier alpha value is -2.02. The molecule has 0 fully saturated rings. The molecule has 122 valence electrons. The average Bonchev–Trinajstić information content (AvgIpc) is 2.54. The van der Waals surface area contributed by atoms with Crippen LogP contribution in [0.15, 0.2) is 42.5 Å². The first kappa shape index (κ1) is 17.3. The Morgan fingerprint density at radius 3 is 2.30 bits per heavy atom. The molecule has 0 spiro atoms. The summed E-state index contributed by atoms with van der Waals surface area (Å²) < 4.78 is 47.6. The van der Waals surface area contributed by atoms with E-state index < -0.39 is 17.9 Å². The van der Waals surface area contributed by atoms with Gasteiger partial charge in [-0.25, -0.2) is 4.79 Å². The number of para-hydroxylation sites is 1. The summed E-state index contributed by atoms with van der Waals surface area (Å²) in [6.07, 6.45) is -5.30. The van der Waals surface area contributed by atoms with E-state index in [4.69, 9.17) is 4.74 Å². The summed E-state index contributed by atoms with van der Waals surface area (Å²) in [5.41, 5.74) is 0.932. The average molecular weight is 389 g/mol. The molecule has 0 unspecified atom stereocenters. The molecule has 2 aromatic carbocycles. The summed E-state index contributed by atoms with van der Waals surface area (Å²) in [6, 6.07) is 9.76. The first-order valence-corrected chi connectivity index (χ1v) is 7.60. The summed E-state index contributed by atoms with van der Waals surface area (Å²) in [7, 11) is 1.18. The molecule has 2 rings (SSSR count). The van der Waals surface area contributed by atoms with E-state index in [1.54, 1.807) is 18.2 Å². The monoisotopic (exact) mass is 388 g/mol. The number of hydrogen-bond acceptors (Lipinski definition) is 3. The fraction of sp³-hybridized carbons (Fsp3) is 0.188. The van der Waals surface area contributed by atoms with Crippen LogP contribution in [0, 0.1) is 0 Å². The molecular weight excluding hydrogens is 377 g/mol. The van der Waals surface area contributed by atoms with Crippen molar-refractivity contribution in [3.8, 4) is 16.9 Å². The van der Waals surface area contributed by atoms with Gasteiger partial charge in [-0.2, -0.15) is 13.2 Å². The number of hydrogen-bond donors (Lipinski definition) is 0. The lowest BCUT2D eigenvalue weighted by molar-refractivity contribution is -0.137. The summed E-state index contributed by atoms with van der Waals surface area (Å²) in [4.78, 5) is 11.4. The van der Waals surface area contributed by atoms with Crippen LogP contribution < -0.4 is 4.74 Å². The number of methoxy groups -OCH3 is 1. The third-order valence-electron chi connectivity index (χ3n) is 3.12. The maximum Gasteiger partial charge on any atom is 0.513 e. The number of ether oxygens (including phenoxy) is 2. The Kier molecular flexibility index (Phi) is 5.30. The minimum Gasteiger partial charge on any atom is -0.437 e. The Morgan fingerprint density at radius 2 is 1.78 bits per heavy atom. The molecule has 0 bridgehead atoms. The highest BCUT2D eigenvalue weighted by atomic mass is 79.9. The first-order chi connectivity index (χ1) is 10.9. The minimum absolute atomic E-state index is 0.246. The van der Waals surface area contributed by atoms with Gasteiger partial charge < -0.3 is 9.47 Å². The van der Waals surface area contributed by atoms with Crippen molar-refractivity contribution in [3.05, 3.63) is 53.6 Å². The van der Waals surface area contributed by atoms with Crippen LogP contribution in [-0.4, -0.2) is 13.3 Å². The number of halogens is 4. The van der Waals surface area contributed by atoms with Crippen LogP contribution >= 0.6 is 15.9 Å². The van der Waals surface area contributed by atoms with Gasteiger partial charge in [-0.05, 0) is 17.7 Å². The van der Waals surface area contributed by atoms with Crippen molar-refractivity contribution in [2.75, 3.05) is 7.11 Å². The zero-order chi connectivity index (χ0) is 17.0. The van der Waals surface area contributed by atoms with Crippen LogP contribution in [0.4, 0.5) is 18.0 Å². The minimum atomic E-state index is -4.40. The van der Waals surface area contributed by atoms with Gasteiger partial charge in [0.1, 0.15) is 5.75 Å². The van der Waals surface area contributed by atoms with E-state index >= 15 is 0 Å². The lowest BCUT2D eigenvalue weighted by Gasteiger charge is -2.14. The molecule has 0 N–H and O–H groups in total. The smallest absolute Gasteiger partial charge is 0.437 e. The summed E-state index contributed by atoms with van der Waals surface area (Å²) >= 11 is 3.28. The van der Waals surface area contributed by atoms with Crippen molar-refractivity contribution in [2.24, 2.45) is 0 Å². The highest BCUT2D eigenvalue weighted by molar-refractivity contribution is 9.08. The fourth-order valence-electron chi connectivity index (χ4n) is 2.00. The molecule has 0 amide bonds. The van der Waals surface area contributed by atoms with Crippen LogP contribution in [-0.2, 0) is 16.2 Å². The second-order valence-corrected chi connectivity index (χ2v) is 5.12. The maximum atomic E-state index is 12.6. The van der Waals surface area contributed by atoms with E-state index in [9.17, 15) is 18.0 Å². The van der Waals surface area contributed by atoms with E-state index in [-0.39, 0.29) is 5.75 Å². The van der Waals surface area contributed by atoms with Gasteiger partial charge in [-0.1, -0.05) is 46.3 Å². The van der Waals surface area contributed by atoms with Crippen LogP contribution in [0.3, 0.4) is 0 Å². The molecule has 0 aromatic heterocycles. The van der Waals surface area contributed by atoms with Gasteiger partial charge in [0.25, 0.3) is 0 Å². The van der Waals surface area contributed by atoms with E-state index in [1.807, 2.05) is 0 Å². The quantitative estimate of drug-likeness (QED) is 0.400. The van der Waals surface area contributed by atoms with E-state index in [0.29, 0.717) is 22.0 Å². The van der Waals surface area contributed by atoms with Crippen molar-refractivity contribution < 1.29 is 27.4 Å². The predicted octanol–water partition coefficient (Wildman–Crippen LogP) is 5.41. The number of carbonyl (C=O) groups is 1. The Balaban J connectivity index is 2.48. The Morgan fingerprint density at radius 1 is 1.13 bits per heavy atom. The molecule has 0 atom stereocenters. The molecule has 23 heavy (non-hydrogen) atoms. The second kappa shape index (κ2) is 7.04. The second-order valence-electron chi connectivity index (χ2n) is 4.56. The molecule has 0 heterocycles. The summed E-state index contributed by atoms with van der Waals surface area (Å²) in [5.74, 6) is 0.246. The number of benzene rings is 2. The van der Waals surface area contributed by atoms with Crippen LogP contribution in [0.25, 0.3) is 11.1 Å². The maximum absolute atomic E-state index is 12.6. The summed E-state index contributed by atoms with van der Waals surface area (Å²) in [5, 5.41) is 0.411. The summed E-state index contributed by atoms with van der Waals surface area (Å²) in [6.45, 7) is 0. The van der Waals surface area contributed by atoms with Crippen molar-refractivity contribution >= 4 is 22.1 Å². The number of rotatable bonds is 3. The van der Waals surface area contributed by atoms with Crippen LogP contribution in [0.2, 0.25) is 0 Å². The van der Waals surface area contributed by atoms with Crippen molar-refractivity contribution in [2.45, 2.75) is 11.5 Å². The molecule has 2 aromatic rings. The normalized spacial score (nSPS) is 11.2. The van der Waals surface area contributed by atoms with Crippen LogP contribution in [0.5, 0.6) is 5.75 Å². The highest BCUT2D eigenvalue weighted by Gasteiger charge is 2.30. The fourth-order valence-corrected chi connectivity index (χ4v) is 2.44. The molecule has 7 heteroatoms. The molecule has 0 saturated carbocycles. The molecular formula is C16H12BrF3O3. The van der Waals surface area contributed by atoms with Crippen molar-refractivity contribution in [1.29, 1.82) is 0 Å². The molecule has 0 aliphatic carbocycles. The Bertz CT molecular complexity index is 697. The molecule has 3 nitrogen and oxygen atoms in total. The van der Waals surface area contributed by atoms with Crippen molar-refractivity contribution in [1.82, 2.24) is 0 Å². The highest BCUT2D eigenvalue weighted by Crippen LogP contribution is 2.36.